The van der Waals surface area contributed by atoms with Crippen LogP contribution in [0, 0.1) is 11.2 Å². The van der Waals surface area contributed by atoms with Gasteiger partial charge in [-0.05, 0) is 55.8 Å². The second-order valence-electron chi connectivity index (χ2n) is 5.05. The minimum Gasteiger partial charge on any atom is -0.314 e. The first kappa shape index (κ1) is 12.8. The van der Waals surface area contributed by atoms with Crippen molar-refractivity contribution in [2.24, 2.45) is 5.41 Å². The van der Waals surface area contributed by atoms with Gasteiger partial charge in [-0.25, -0.2) is 4.39 Å². The number of hydrogen-bond acceptors (Lipinski definition) is 1. The van der Waals surface area contributed by atoms with Gasteiger partial charge in [0.2, 0.25) is 0 Å². The molecule has 1 N–H and O–H groups in total. The highest BCUT2D eigenvalue weighted by atomic mass is 35.5. The van der Waals surface area contributed by atoms with Gasteiger partial charge in [-0.15, -0.1) is 0 Å². The summed E-state index contributed by atoms with van der Waals surface area (Å²) in [7, 11) is 0. The topological polar surface area (TPSA) is 12.0 Å². The largest absolute Gasteiger partial charge is 0.314 e. The summed E-state index contributed by atoms with van der Waals surface area (Å²) in [6, 6.07) is 5.44. The minimum atomic E-state index is -0.174. The molecule has 0 aromatic heterocycles. The van der Waals surface area contributed by atoms with Gasteiger partial charge in [0.05, 0.1) is 0 Å². The lowest BCUT2D eigenvalue weighted by molar-refractivity contribution is 0.351. The molecule has 1 aliphatic carbocycles. The second kappa shape index (κ2) is 4.95. The van der Waals surface area contributed by atoms with Crippen LogP contribution >= 0.6 is 11.6 Å². The van der Waals surface area contributed by atoms with Crippen LogP contribution in [0.15, 0.2) is 18.2 Å². The Labute approximate surface area is 107 Å². The van der Waals surface area contributed by atoms with Crippen LogP contribution < -0.4 is 5.32 Å². The fraction of sp³-hybridized carbons (Fsp3) is 0.571. The number of hydrogen-bond donors (Lipinski definition) is 1. The summed E-state index contributed by atoms with van der Waals surface area (Å²) in [5.41, 5.74) is 1.04. The van der Waals surface area contributed by atoms with Crippen LogP contribution in [0.4, 0.5) is 4.39 Å². The molecule has 0 aliphatic heterocycles. The Kier molecular flexibility index (Phi) is 3.74. The van der Waals surface area contributed by atoms with Gasteiger partial charge in [-0.1, -0.05) is 24.6 Å². The maximum atomic E-state index is 13.8. The Morgan fingerprint density at radius 2 is 2.18 bits per heavy atom. The smallest absolute Gasteiger partial charge is 0.127 e. The van der Waals surface area contributed by atoms with Gasteiger partial charge in [0.15, 0.2) is 0 Å². The van der Waals surface area contributed by atoms with Crippen molar-refractivity contribution in [3.8, 4) is 0 Å². The zero-order valence-electron chi connectivity index (χ0n) is 10.4. The van der Waals surface area contributed by atoms with Crippen LogP contribution in [-0.4, -0.2) is 12.6 Å². The Hall–Kier alpha value is -0.600. The van der Waals surface area contributed by atoms with E-state index >= 15 is 0 Å². The van der Waals surface area contributed by atoms with Crippen LogP contribution in [0.3, 0.4) is 0 Å². The summed E-state index contributed by atoms with van der Waals surface area (Å²) in [5.74, 6) is -0.174. The summed E-state index contributed by atoms with van der Waals surface area (Å²) >= 11 is 5.76. The Morgan fingerprint density at radius 1 is 1.47 bits per heavy atom. The second-order valence-corrected chi connectivity index (χ2v) is 5.49. The van der Waals surface area contributed by atoms with Crippen LogP contribution in [0.5, 0.6) is 0 Å². The van der Waals surface area contributed by atoms with Gasteiger partial charge in [0.1, 0.15) is 5.82 Å². The highest BCUT2D eigenvalue weighted by Gasteiger charge is 2.47. The fourth-order valence-corrected chi connectivity index (χ4v) is 2.65. The monoisotopic (exact) mass is 255 g/mol. The van der Waals surface area contributed by atoms with E-state index in [1.54, 1.807) is 6.07 Å². The van der Waals surface area contributed by atoms with E-state index < -0.39 is 0 Å². The van der Waals surface area contributed by atoms with E-state index in [9.17, 15) is 4.39 Å². The fourth-order valence-electron chi connectivity index (χ4n) is 2.49. The van der Waals surface area contributed by atoms with Crippen molar-refractivity contribution in [2.75, 3.05) is 6.54 Å². The van der Waals surface area contributed by atoms with E-state index in [2.05, 4.69) is 19.2 Å². The molecular weight excluding hydrogens is 237 g/mol. The quantitative estimate of drug-likeness (QED) is 0.844. The third kappa shape index (κ3) is 2.80. The molecule has 17 heavy (non-hydrogen) atoms. The summed E-state index contributed by atoms with van der Waals surface area (Å²) in [4.78, 5) is 0. The molecule has 1 aliphatic rings. The lowest BCUT2D eigenvalue weighted by Crippen LogP contribution is -2.36. The van der Waals surface area contributed by atoms with E-state index in [4.69, 9.17) is 11.6 Å². The normalized spacial score (nSPS) is 19.1. The van der Waals surface area contributed by atoms with Gasteiger partial charge in [0, 0.05) is 11.1 Å². The van der Waals surface area contributed by atoms with E-state index in [1.807, 2.05) is 6.07 Å². The van der Waals surface area contributed by atoms with Gasteiger partial charge in [-0.3, -0.25) is 0 Å². The lowest BCUT2D eigenvalue weighted by atomic mass is 9.89. The van der Waals surface area contributed by atoms with Crippen molar-refractivity contribution in [1.29, 1.82) is 0 Å². The van der Waals surface area contributed by atoms with Gasteiger partial charge < -0.3 is 5.32 Å². The van der Waals surface area contributed by atoms with Crippen LogP contribution in [0.1, 0.15) is 32.3 Å². The standard InChI is InChI=1S/C14H19ClFN/c1-3-17-10(2)14(6-7-14)9-11-4-5-12(15)8-13(11)16/h4-5,8,10,17H,3,6-7,9H2,1-2H3. The lowest BCUT2D eigenvalue weighted by Gasteiger charge is -2.24. The molecule has 1 saturated carbocycles. The number of benzene rings is 1. The molecule has 0 saturated heterocycles. The van der Waals surface area contributed by atoms with Gasteiger partial charge in [0.25, 0.3) is 0 Å². The summed E-state index contributed by atoms with van der Waals surface area (Å²) in [6.07, 6.45) is 3.18. The molecule has 1 aromatic rings. The van der Waals surface area contributed by atoms with E-state index in [-0.39, 0.29) is 11.2 Å². The first-order chi connectivity index (χ1) is 8.07. The molecule has 1 atom stereocenters. The maximum Gasteiger partial charge on any atom is 0.127 e. The summed E-state index contributed by atoms with van der Waals surface area (Å²) < 4.78 is 13.8. The van der Waals surface area contributed by atoms with Crippen LogP contribution in [-0.2, 0) is 6.42 Å². The first-order valence-electron chi connectivity index (χ1n) is 6.25. The molecule has 3 heteroatoms. The van der Waals surface area contributed by atoms with Crippen molar-refractivity contribution in [1.82, 2.24) is 5.32 Å². The first-order valence-corrected chi connectivity index (χ1v) is 6.62. The van der Waals surface area contributed by atoms with E-state index in [0.717, 1.165) is 18.5 Å². The van der Waals surface area contributed by atoms with Gasteiger partial charge in [-0.2, -0.15) is 0 Å². The predicted molar refractivity (Wildman–Crippen MR) is 69.9 cm³/mol. The maximum absolute atomic E-state index is 13.8. The minimum absolute atomic E-state index is 0.174. The molecule has 2 rings (SSSR count). The molecule has 0 heterocycles. The highest BCUT2D eigenvalue weighted by Crippen LogP contribution is 2.51. The number of rotatable bonds is 5. The molecule has 0 amide bonds. The molecular formula is C14H19ClFN. The summed E-state index contributed by atoms with van der Waals surface area (Å²) in [6.45, 7) is 5.27. The number of halogens is 2. The van der Waals surface area contributed by atoms with Crippen molar-refractivity contribution >= 4 is 11.6 Å². The van der Waals surface area contributed by atoms with Crippen LogP contribution in [0.2, 0.25) is 5.02 Å². The third-order valence-corrected chi connectivity index (χ3v) is 4.11. The molecule has 0 radical (unpaired) electrons. The predicted octanol–water partition coefficient (Wildman–Crippen LogP) is 3.80. The molecule has 0 bridgehead atoms. The van der Waals surface area contributed by atoms with Crippen LogP contribution in [0.25, 0.3) is 0 Å². The van der Waals surface area contributed by atoms with Crippen molar-refractivity contribution in [3.63, 3.8) is 0 Å². The number of nitrogens with one attached hydrogen (secondary N) is 1. The molecule has 1 aromatic carbocycles. The van der Waals surface area contributed by atoms with E-state index in [0.29, 0.717) is 11.1 Å². The zero-order valence-corrected chi connectivity index (χ0v) is 11.1. The molecule has 0 spiro atoms. The Morgan fingerprint density at radius 3 is 2.71 bits per heavy atom. The van der Waals surface area contributed by atoms with Crippen molar-refractivity contribution in [3.05, 3.63) is 34.6 Å². The highest BCUT2D eigenvalue weighted by molar-refractivity contribution is 6.30. The Bertz CT molecular complexity index is 401. The van der Waals surface area contributed by atoms with E-state index in [1.165, 1.54) is 18.9 Å². The average Bonchev–Trinajstić information content (AvgIpc) is 3.04. The molecule has 1 nitrogen and oxygen atoms in total. The van der Waals surface area contributed by atoms with Crippen molar-refractivity contribution < 1.29 is 4.39 Å². The Balaban J connectivity index is 2.10. The zero-order chi connectivity index (χ0) is 12.5. The van der Waals surface area contributed by atoms with Crippen molar-refractivity contribution in [2.45, 2.75) is 39.2 Å². The molecule has 94 valence electrons. The summed E-state index contributed by atoms with van der Waals surface area (Å²) in [5, 5.41) is 3.92. The molecule has 1 unspecified atom stereocenters. The SMILES string of the molecule is CCNC(C)C1(Cc2ccc(Cl)cc2F)CC1. The molecule has 1 fully saturated rings. The van der Waals surface area contributed by atoms with Gasteiger partial charge >= 0.3 is 0 Å². The third-order valence-electron chi connectivity index (χ3n) is 3.88. The average molecular weight is 256 g/mol.